The Hall–Kier alpha value is -2.60. The topological polar surface area (TPSA) is 81.8 Å². The molecule has 1 atom stereocenters. The SMILES string of the molecule is O=C(c1c[nH]c(=O)c(Cl)c1)N1CCC[C@H](c2nc3ccccc3[nH]2)C1. The van der Waals surface area contributed by atoms with Crippen LogP contribution in [0.3, 0.4) is 0 Å². The summed E-state index contributed by atoms with van der Waals surface area (Å²) in [7, 11) is 0. The Morgan fingerprint density at radius 2 is 2.16 bits per heavy atom. The standard InChI is InChI=1S/C18H17ClN4O2/c19-13-8-12(9-20-17(13)24)18(25)23-7-3-4-11(10-23)16-21-14-5-1-2-6-15(14)22-16/h1-2,5-6,8-9,11H,3-4,7,10H2,(H,20,24)(H,21,22)/t11-/m0/s1. The van der Waals surface area contributed by atoms with E-state index in [2.05, 4.69) is 15.0 Å². The van der Waals surface area contributed by atoms with E-state index >= 15 is 0 Å². The van der Waals surface area contributed by atoms with Gasteiger partial charge in [0.05, 0.1) is 16.6 Å². The van der Waals surface area contributed by atoms with Crippen molar-refractivity contribution in [1.29, 1.82) is 0 Å². The number of hydrogen-bond donors (Lipinski definition) is 2. The van der Waals surface area contributed by atoms with Gasteiger partial charge >= 0.3 is 0 Å². The van der Waals surface area contributed by atoms with Crippen molar-refractivity contribution in [3.63, 3.8) is 0 Å². The van der Waals surface area contributed by atoms with Crippen molar-refractivity contribution >= 4 is 28.5 Å². The molecule has 0 bridgehead atoms. The van der Waals surface area contributed by atoms with E-state index in [9.17, 15) is 9.59 Å². The number of piperidine rings is 1. The van der Waals surface area contributed by atoms with E-state index in [1.807, 2.05) is 24.3 Å². The summed E-state index contributed by atoms with van der Waals surface area (Å²) in [6, 6.07) is 9.33. The van der Waals surface area contributed by atoms with Crippen LogP contribution in [0.15, 0.2) is 41.3 Å². The number of likely N-dealkylation sites (tertiary alicyclic amines) is 1. The predicted molar refractivity (Wildman–Crippen MR) is 96.0 cm³/mol. The Morgan fingerprint density at radius 1 is 1.32 bits per heavy atom. The number of fused-ring (bicyclic) bond motifs is 1. The third kappa shape index (κ3) is 3.05. The number of para-hydroxylation sites is 2. The number of imidazole rings is 1. The third-order valence-corrected chi connectivity index (χ3v) is 4.89. The lowest BCUT2D eigenvalue weighted by Gasteiger charge is -2.31. The average Bonchev–Trinajstić information content (AvgIpc) is 3.08. The number of carbonyl (C=O) groups is 1. The third-order valence-electron chi connectivity index (χ3n) is 4.61. The van der Waals surface area contributed by atoms with Gasteiger partial charge < -0.3 is 14.9 Å². The molecular formula is C18H17ClN4O2. The van der Waals surface area contributed by atoms with Gasteiger partial charge in [-0.1, -0.05) is 23.7 Å². The molecule has 4 rings (SSSR count). The number of nitrogens with one attached hydrogen (secondary N) is 2. The minimum absolute atomic E-state index is 0.0247. The number of hydrogen-bond acceptors (Lipinski definition) is 3. The Balaban J connectivity index is 1.56. The van der Waals surface area contributed by atoms with Gasteiger partial charge in [0.2, 0.25) is 0 Å². The molecule has 2 aromatic heterocycles. The molecule has 128 valence electrons. The normalized spacial score (nSPS) is 17.8. The molecule has 0 aliphatic carbocycles. The first kappa shape index (κ1) is 15.9. The molecule has 0 spiro atoms. The van der Waals surface area contributed by atoms with E-state index in [4.69, 9.17) is 11.6 Å². The first-order chi connectivity index (χ1) is 12.1. The first-order valence-corrected chi connectivity index (χ1v) is 8.62. The lowest BCUT2D eigenvalue weighted by molar-refractivity contribution is 0.0704. The van der Waals surface area contributed by atoms with Crippen LogP contribution in [0.1, 0.15) is 34.9 Å². The molecule has 25 heavy (non-hydrogen) atoms. The Labute approximate surface area is 148 Å². The maximum absolute atomic E-state index is 12.7. The zero-order valence-corrected chi connectivity index (χ0v) is 14.2. The number of amides is 1. The minimum atomic E-state index is -0.392. The molecule has 1 aliphatic rings. The number of aromatic nitrogens is 3. The van der Waals surface area contributed by atoms with Crippen LogP contribution in [-0.4, -0.2) is 38.8 Å². The largest absolute Gasteiger partial charge is 0.342 e. The van der Waals surface area contributed by atoms with E-state index in [1.165, 1.54) is 12.3 Å². The number of benzene rings is 1. The number of pyridine rings is 1. The van der Waals surface area contributed by atoms with E-state index in [-0.39, 0.29) is 16.8 Å². The first-order valence-electron chi connectivity index (χ1n) is 8.24. The Morgan fingerprint density at radius 3 is 2.96 bits per heavy atom. The number of rotatable bonds is 2. The van der Waals surface area contributed by atoms with Gasteiger partial charge in [-0.2, -0.15) is 0 Å². The van der Waals surface area contributed by atoms with Gasteiger partial charge in [-0.3, -0.25) is 9.59 Å². The fourth-order valence-electron chi connectivity index (χ4n) is 3.31. The summed E-state index contributed by atoms with van der Waals surface area (Å²) in [6.45, 7) is 1.28. The summed E-state index contributed by atoms with van der Waals surface area (Å²) in [5.74, 6) is 0.959. The van der Waals surface area contributed by atoms with E-state index in [0.29, 0.717) is 18.7 Å². The van der Waals surface area contributed by atoms with Crippen molar-refractivity contribution in [1.82, 2.24) is 19.9 Å². The van der Waals surface area contributed by atoms with Crippen LogP contribution in [0.4, 0.5) is 0 Å². The molecule has 3 heterocycles. The highest BCUT2D eigenvalue weighted by molar-refractivity contribution is 6.30. The molecule has 2 N–H and O–H groups in total. The summed E-state index contributed by atoms with van der Waals surface area (Å²) in [5, 5.41) is 0.0247. The Kier molecular flexibility index (Phi) is 4.05. The highest BCUT2D eigenvalue weighted by atomic mass is 35.5. The molecular weight excluding hydrogens is 340 g/mol. The minimum Gasteiger partial charge on any atom is -0.342 e. The predicted octanol–water partition coefficient (Wildman–Crippen LogP) is 2.92. The number of halogens is 1. The average molecular weight is 357 g/mol. The molecule has 0 unspecified atom stereocenters. The molecule has 1 fully saturated rings. The second kappa shape index (κ2) is 6.37. The summed E-state index contributed by atoms with van der Waals surface area (Å²) >= 11 is 5.84. The monoisotopic (exact) mass is 356 g/mol. The Bertz CT molecular complexity index is 961. The van der Waals surface area contributed by atoms with Gasteiger partial charge in [-0.25, -0.2) is 4.98 Å². The summed E-state index contributed by atoms with van der Waals surface area (Å²) < 4.78 is 0. The van der Waals surface area contributed by atoms with Gasteiger partial charge in [0.25, 0.3) is 11.5 Å². The van der Waals surface area contributed by atoms with Crippen molar-refractivity contribution in [2.45, 2.75) is 18.8 Å². The molecule has 1 aromatic carbocycles. The van der Waals surface area contributed by atoms with Crippen molar-refractivity contribution in [2.75, 3.05) is 13.1 Å². The lowest BCUT2D eigenvalue weighted by atomic mass is 9.97. The number of nitrogens with zero attached hydrogens (tertiary/aromatic N) is 2. The zero-order chi connectivity index (χ0) is 17.4. The van der Waals surface area contributed by atoms with Crippen molar-refractivity contribution in [3.05, 3.63) is 63.3 Å². The van der Waals surface area contributed by atoms with Gasteiger partial charge in [-0.05, 0) is 31.0 Å². The second-order valence-corrected chi connectivity index (χ2v) is 6.70. The van der Waals surface area contributed by atoms with Crippen LogP contribution in [0.25, 0.3) is 11.0 Å². The van der Waals surface area contributed by atoms with Crippen LogP contribution in [0, 0.1) is 0 Å². The van der Waals surface area contributed by atoms with E-state index in [1.54, 1.807) is 4.90 Å². The van der Waals surface area contributed by atoms with Gasteiger partial charge in [0, 0.05) is 25.2 Å². The van der Waals surface area contributed by atoms with Crippen molar-refractivity contribution in [2.24, 2.45) is 0 Å². The lowest BCUT2D eigenvalue weighted by Crippen LogP contribution is -2.39. The molecule has 1 saturated heterocycles. The van der Waals surface area contributed by atoms with Crippen LogP contribution in [0.5, 0.6) is 0 Å². The highest BCUT2D eigenvalue weighted by Crippen LogP contribution is 2.27. The zero-order valence-electron chi connectivity index (χ0n) is 13.5. The maximum Gasteiger partial charge on any atom is 0.266 e. The van der Waals surface area contributed by atoms with E-state index < -0.39 is 5.56 Å². The molecule has 6 nitrogen and oxygen atoms in total. The van der Waals surface area contributed by atoms with Gasteiger partial charge in [0.1, 0.15) is 10.8 Å². The maximum atomic E-state index is 12.7. The van der Waals surface area contributed by atoms with Crippen molar-refractivity contribution in [3.8, 4) is 0 Å². The fourth-order valence-corrected chi connectivity index (χ4v) is 3.48. The van der Waals surface area contributed by atoms with Gasteiger partial charge in [0.15, 0.2) is 0 Å². The highest BCUT2D eigenvalue weighted by Gasteiger charge is 2.27. The summed E-state index contributed by atoms with van der Waals surface area (Å²) in [6.07, 6.45) is 3.31. The molecule has 3 aromatic rings. The number of H-pyrrole nitrogens is 2. The van der Waals surface area contributed by atoms with Crippen LogP contribution < -0.4 is 5.56 Å². The fraction of sp³-hybridized carbons (Fsp3) is 0.278. The number of aromatic amines is 2. The smallest absolute Gasteiger partial charge is 0.266 e. The van der Waals surface area contributed by atoms with Gasteiger partial charge in [-0.15, -0.1) is 0 Å². The molecule has 1 amide bonds. The molecule has 7 heteroatoms. The summed E-state index contributed by atoms with van der Waals surface area (Å²) in [4.78, 5) is 36.4. The van der Waals surface area contributed by atoms with Crippen LogP contribution in [-0.2, 0) is 0 Å². The van der Waals surface area contributed by atoms with Crippen molar-refractivity contribution < 1.29 is 4.79 Å². The summed E-state index contributed by atoms with van der Waals surface area (Å²) in [5.41, 5.74) is 1.95. The van der Waals surface area contributed by atoms with Crippen LogP contribution in [0.2, 0.25) is 5.02 Å². The molecule has 1 aliphatic heterocycles. The molecule has 0 saturated carbocycles. The van der Waals surface area contributed by atoms with Crippen LogP contribution >= 0.6 is 11.6 Å². The number of carbonyl (C=O) groups excluding carboxylic acids is 1. The second-order valence-electron chi connectivity index (χ2n) is 6.29. The van der Waals surface area contributed by atoms with E-state index in [0.717, 1.165) is 29.7 Å². The quantitative estimate of drug-likeness (QED) is 0.740. The molecule has 0 radical (unpaired) electrons.